The van der Waals surface area contributed by atoms with Crippen LogP contribution in [0, 0.1) is 17.1 Å². The van der Waals surface area contributed by atoms with E-state index in [-0.39, 0.29) is 11.3 Å². The summed E-state index contributed by atoms with van der Waals surface area (Å²) in [5.41, 5.74) is 3.26. The van der Waals surface area contributed by atoms with Crippen LogP contribution in [0.4, 0.5) is 4.39 Å². The highest BCUT2D eigenvalue weighted by atomic mass is 32.2. The van der Waals surface area contributed by atoms with E-state index < -0.39 is 16.6 Å². The average molecular weight is 299 g/mol. The molecule has 1 aliphatic carbocycles. The van der Waals surface area contributed by atoms with Crippen molar-refractivity contribution in [1.29, 1.82) is 5.26 Å². The Hall–Kier alpha value is -1.99. The Balaban J connectivity index is 1.82. The summed E-state index contributed by atoms with van der Waals surface area (Å²) >= 11 is 0. The third-order valence-corrected chi connectivity index (χ3v) is 5.15. The number of nitrogens with zero attached hydrogens (tertiary/aromatic N) is 1. The van der Waals surface area contributed by atoms with Gasteiger partial charge in [-0.25, -0.2) is 4.39 Å². The molecule has 1 unspecified atom stereocenters. The Kier molecular flexibility index (Phi) is 3.85. The first-order valence-corrected chi connectivity index (χ1v) is 8.18. The molecule has 1 atom stereocenters. The quantitative estimate of drug-likeness (QED) is 0.870. The minimum Gasteiger partial charge on any atom is -0.254 e. The minimum absolute atomic E-state index is 0.135. The van der Waals surface area contributed by atoms with Crippen molar-refractivity contribution in [2.75, 3.05) is 0 Å². The summed E-state index contributed by atoms with van der Waals surface area (Å²) in [5.74, 6) is -0.334. The molecule has 0 N–H and O–H groups in total. The summed E-state index contributed by atoms with van der Waals surface area (Å²) in [6, 6.07) is 12.1. The number of benzene rings is 2. The number of fused-ring (bicyclic) bond motifs is 1. The summed E-state index contributed by atoms with van der Waals surface area (Å²) < 4.78 is 26.2. The summed E-state index contributed by atoms with van der Waals surface area (Å²) in [6.07, 6.45) is 3.27. The van der Waals surface area contributed by atoms with Crippen LogP contribution < -0.4 is 0 Å². The van der Waals surface area contributed by atoms with E-state index in [1.165, 1.54) is 17.2 Å². The van der Waals surface area contributed by atoms with Gasteiger partial charge in [-0.3, -0.25) is 4.21 Å². The van der Waals surface area contributed by atoms with Gasteiger partial charge in [0.15, 0.2) is 0 Å². The van der Waals surface area contributed by atoms with Crippen LogP contribution in [0.5, 0.6) is 0 Å². The number of hydrogen-bond acceptors (Lipinski definition) is 2. The fraction of sp³-hybridized carbons (Fsp3) is 0.235. The third kappa shape index (κ3) is 2.88. The highest BCUT2D eigenvalue weighted by molar-refractivity contribution is 7.84. The lowest BCUT2D eigenvalue weighted by atomic mass is 10.1. The number of halogens is 1. The van der Waals surface area contributed by atoms with Crippen molar-refractivity contribution >= 4 is 10.8 Å². The van der Waals surface area contributed by atoms with Crippen LogP contribution >= 0.6 is 0 Å². The fourth-order valence-electron chi connectivity index (χ4n) is 2.65. The van der Waals surface area contributed by atoms with E-state index in [1.54, 1.807) is 12.1 Å². The van der Waals surface area contributed by atoms with Crippen LogP contribution in [-0.4, -0.2) is 4.21 Å². The molecule has 0 heterocycles. The van der Waals surface area contributed by atoms with Crippen LogP contribution in [0.25, 0.3) is 0 Å². The van der Waals surface area contributed by atoms with Crippen molar-refractivity contribution in [3.05, 3.63) is 64.5 Å². The van der Waals surface area contributed by atoms with Crippen molar-refractivity contribution in [2.45, 2.75) is 29.9 Å². The SMILES string of the molecule is N#Cc1ccc(CS(=O)c2ccc3c(c2)CCC3)c(F)c1. The van der Waals surface area contributed by atoms with Crippen LogP contribution in [-0.2, 0) is 29.4 Å². The number of rotatable bonds is 3. The largest absolute Gasteiger partial charge is 0.254 e. The monoisotopic (exact) mass is 299 g/mol. The Morgan fingerprint density at radius 2 is 1.95 bits per heavy atom. The lowest BCUT2D eigenvalue weighted by Gasteiger charge is -2.06. The second-order valence-electron chi connectivity index (χ2n) is 5.19. The zero-order chi connectivity index (χ0) is 14.8. The molecule has 0 saturated heterocycles. The molecule has 0 saturated carbocycles. The normalized spacial score (nSPS) is 14.5. The third-order valence-electron chi connectivity index (χ3n) is 3.80. The van der Waals surface area contributed by atoms with Gasteiger partial charge in [0.1, 0.15) is 5.82 Å². The van der Waals surface area contributed by atoms with E-state index in [4.69, 9.17) is 5.26 Å². The maximum absolute atomic E-state index is 13.8. The molecular formula is C17H14FNOS. The molecular weight excluding hydrogens is 285 g/mol. The molecule has 0 aromatic heterocycles. The van der Waals surface area contributed by atoms with Gasteiger partial charge in [0, 0.05) is 10.5 Å². The Morgan fingerprint density at radius 3 is 2.71 bits per heavy atom. The first kappa shape index (κ1) is 14.0. The van der Waals surface area contributed by atoms with Crippen LogP contribution in [0.1, 0.15) is 28.7 Å². The van der Waals surface area contributed by atoms with Crippen LogP contribution in [0.15, 0.2) is 41.3 Å². The minimum atomic E-state index is -1.27. The molecule has 3 rings (SSSR count). The lowest BCUT2D eigenvalue weighted by molar-refractivity contribution is 0.614. The zero-order valence-electron chi connectivity index (χ0n) is 11.4. The maximum Gasteiger partial charge on any atom is 0.128 e. The molecule has 0 spiro atoms. The van der Waals surface area contributed by atoms with Gasteiger partial charge in [0.25, 0.3) is 0 Å². The first-order valence-electron chi connectivity index (χ1n) is 6.86. The predicted molar refractivity (Wildman–Crippen MR) is 79.7 cm³/mol. The van der Waals surface area contributed by atoms with Gasteiger partial charge in [-0.2, -0.15) is 5.26 Å². The van der Waals surface area contributed by atoms with Gasteiger partial charge in [-0.15, -0.1) is 0 Å². The second-order valence-corrected chi connectivity index (χ2v) is 6.64. The van der Waals surface area contributed by atoms with Gasteiger partial charge in [0.05, 0.1) is 28.2 Å². The highest BCUT2D eigenvalue weighted by Gasteiger charge is 2.14. The van der Waals surface area contributed by atoms with Gasteiger partial charge in [0.2, 0.25) is 0 Å². The zero-order valence-corrected chi connectivity index (χ0v) is 12.3. The molecule has 0 amide bonds. The van der Waals surface area contributed by atoms with E-state index in [2.05, 4.69) is 0 Å². The molecule has 0 aliphatic heterocycles. The summed E-state index contributed by atoms with van der Waals surface area (Å²) in [7, 11) is -1.27. The van der Waals surface area contributed by atoms with E-state index in [9.17, 15) is 8.60 Å². The first-order chi connectivity index (χ1) is 10.2. The molecule has 106 valence electrons. The van der Waals surface area contributed by atoms with E-state index in [1.807, 2.05) is 24.3 Å². The standard InChI is InChI=1S/C17H14FNOS/c18-17-8-12(10-19)4-5-15(17)11-21(20)16-7-6-13-2-1-3-14(13)9-16/h4-9H,1-3,11H2. The molecule has 0 fully saturated rings. The van der Waals surface area contributed by atoms with Gasteiger partial charge in [-0.05, 0) is 54.7 Å². The lowest BCUT2D eigenvalue weighted by Crippen LogP contribution is -2.00. The average Bonchev–Trinajstić information content (AvgIpc) is 2.96. The van der Waals surface area contributed by atoms with Crippen LogP contribution in [0.3, 0.4) is 0 Å². The molecule has 4 heteroatoms. The van der Waals surface area contributed by atoms with E-state index in [0.29, 0.717) is 5.56 Å². The summed E-state index contributed by atoms with van der Waals surface area (Å²) in [6.45, 7) is 0. The maximum atomic E-state index is 13.8. The topological polar surface area (TPSA) is 40.9 Å². The van der Waals surface area contributed by atoms with Gasteiger partial charge < -0.3 is 0 Å². The molecule has 2 aromatic carbocycles. The Labute approximate surface area is 125 Å². The van der Waals surface area contributed by atoms with Crippen molar-refractivity contribution in [1.82, 2.24) is 0 Å². The Bertz CT molecular complexity index is 764. The van der Waals surface area contributed by atoms with Crippen LogP contribution in [0.2, 0.25) is 0 Å². The Morgan fingerprint density at radius 1 is 1.14 bits per heavy atom. The van der Waals surface area contributed by atoms with Crippen molar-refractivity contribution in [2.24, 2.45) is 0 Å². The number of hydrogen-bond donors (Lipinski definition) is 0. The van der Waals surface area contributed by atoms with Gasteiger partial charge >= 0.3 is 0 Å². The van der Waals surface area contributed by atoms with Crippen molar-refractivity contribution in [3.63, 3.8) is 0 Å². The van der Waals surface area contributed by atoms with E-state index in [0.717, 1.165) is 24.2 Å². The molecule has 1 aliphatic rings. The number of nitriles is 1. The van der Waals surface area contributed by atoms with Crippen molar-refractivity contribution < 1.29 is 8.60 Å². The van der Waals surface area contributed by atoms with Gasteiger partial charge in [-0.1, -0.05) is 12.1 Å². The molecule has 0 radical (unpaired) electrons. The molecule has 2 aromatic rings. The predicted octanol–water partition coefficient (Wildman–Crippen LogP) is 3.49. The fourth-order valence-corrected chi connectivity index (χ4v) is 3.83. The molecule has 0 bridgehead atoms. The number of aryl methyl sites for hydroxylation is 2. The van der Waals surface area contributed by atoms with E-state index >= 15 is 0 Å². The second kappa shape index (κ2) is 5.79. The highest BCUT2D eigenvalue weighted by Crippen LogP contribution is 2.25. The molecule has 2 nitrogen and oxygen atoms in total. The molecule has 21 heavy (non-hydrogen) atoms. The van der Waals surface area contributed by atoms with Crippen molar-refractivity contribution in [3.8, 4) is 6.07 Å². The summed E-state index contributed by atoms with van der Waals surface area (Å²) in [4.78, 5) is 0.749. The smallest absolute Gasteiger partial charge is 0.128 e. The summed E-state index contributed by atoms with van der Waals surface area (Å²) in [5, 5.41) is 8.73.